The van der Waals surface area contributed by atoms with Crippen LogP contribution in [0, 0.1) is 11.3 Å². The van der Waals surface area contributed by atoms with Gasteiger partial charge in [0.1, 0.15) is 9.84 Å². The van der Waals surface area contributed by atoms with Crippen LogP contribution in [0.15, 0.2) is 0 Å². The topological polar surface area (TPSA) is 34.1 Å². The Hall–Kier alpha value is -0.0500. The quantitative estimate of drug-likeness (QED) is 0.710. The minimum atomic E-state index is -2.82. The van der Waals surface area contributed by atoms with Crippen LogP contribution in [0.3, 0.4) is 0 Å². The maximum Gasteiger partial charge on any atom is 0.150 e. The Bertz CT molecular complexity index is 301. The van der Waals surface area contributed by atoms with E-state index in [2.05, 4.69) is 20.8 Å². The van der Waals surface area contributed by atoms with Crippen molar-refractivity contribution in [2.75, 3.05) is 6.26 Å². The maximum absolute atomic E-state index is 11.5. The average molecular weight is 246 g/mol. The standard InChI is InChI=1S/C13H26O2S/c1-13(2,3)11-7-5-9-12(10-6-8-11)16(4,14)15/h11-12H,5-10H2,1-4H3. The van der Waals surface area contributed by atoms with Crippen LogP contribution in [-0.2, 0) is 9.84 Å². The fourth-order valence-electron chi connectivity index (χ4n) is 2.77. The van der Waals surface area contributed by atoms with Gasteiger partial charge in [-0.05, 0) is 37.0 Å². The van der Waals surface area contributed by atoms with E-state index in [1.807, 2.05) is 0 Å². The second-order valence-electron chi connectivity index (χ2n) is 6.38. The van der Waals surface area contributed by atoms with E-state index < -0.39 is 9.84 Å². The van der Waals surface area contributed by atoms with E-state index in [1.165, 1.54) is 19.1 Å². The first-order chi connectivity index (χ1) is 7.21. The molecule has 0 aromatic heterocycles. The van der Waals surface area contributed by atoms with Gasteiger partial charge in [0.2, 0.25) is 0 Å². The second kappa shape index (κ2) is 5.07. The summed E-state index contributed by atoms with van der Waals surface area (Å²) in [5.41, 5.74) is 0.373. The lowest BCUT2D eigenvalue weighted by molar-refractivity contribution is 0.194. The molecule has 1 saturated carbocycles. The molecule has 16 heavy (non-hydrogen) atoms. The van der Waals surface area contributed by atoms with Crippen molar-refractivity contribution in [1.82, 2.24) is 0 Å². The molecule has 0 spiro atoms. The van der Waals surface area contributed by atoms with Crippen LogP contribution >= 0.6 is 0 Å². The average Bonchev–Trinajstić information content (AvgIpc) is 1.96. The largest absolute Gasteiger partial charge is 0.229 e. The first-order valence-corrected chi connectivity index (χ1v) is 8.35. The molecule has 96 valence electrons. The van der Waals surface area contributed by atoms with Crippen molar-refractivity contribution < 1.29 is 8.42 Å². The van der Waals surface area contributed by atoms with Crippen molar-refractivity contribution >= 4 is 9.84 Å². The molecule has 1 aliphatic carbocycles. The normalized spacial score (nSPS) is 29.5. The van der Waals surface area contributed by atoms with Crippen LogP contribution in [0.4, 0.5) is 0 Å². The molecule has 0 radical (unpaired) electrons. The molecule has 0 amide bonds. The van der Waals surface area contributed by atoms with Gasteiger partial charge < -0.3 is 0 Å². The number of hydrogen-bond acceptors (Lipinski definition) is 2. The zero-order valence-electron chi connectivity index (χ0n) is 11.1. The van der Waals surface area contributed by atoms with Gasteiger partial charge in [0.15, 0.2) is 0 Å². The van der Waals surface area contributed by atoms with E-state index >= 15 is 0 Å². The third kappa shape index (κ3) is 4.08. The van der Waals surface area contributed by atoms with E-state index in [9.17, 15) is 8.42 Å². The Labute approximate surface area is 101 Å². The van der Waals surface area contributed by atoms with Crippen molar-refractivity contribution in [3.8, 4) is 0 Å². The zero-order chi connectivity index (χ0) is 12.4. The van der Waals surface area contributed by atoms with Gasteiger partial charge in [-0.3, -0.25) is 0 Å². The smallest absolute Gasteiger partial charge is 0.150 e. The van der Waals surface area contributed by atoms with Gasteiger partial charge in [-0.15, -0.1) is 0 Å². The fourth-order valence-corrected chi connectivity index (χ4v) is 3.96. The summed E-state index contributed by atoms with van der Waals surface area (Å²) < 4.78 is 23.1. The van der Waals surface area contributed by atoms with Crippen LogP contribution in [-0.4, -0.2) is 19.9 Å². The first kappa shape index (κ1) is 14.0. The van der Waals surface area contributed by atoms with E-state index in [-0.39, 0.29) is 5.25 Å². The molecule has 1 aliphatic rings. The highest BCUT2D eigenvalue weighted by Crippen LogP contribution is 2.36. The predicted octanol–water partition coefficient (Wildman–Crippen LogP) is 3.42. The Kier molecular flexibility index (Phi) is 4.44. The van der Waals surface area contributed by atoms with Crippen LogP contribution in [0.2, 0.25) is 0 Å². The van der Waals surface area contributed by atoms with Crippen molar-refractivity contribution in [3.05, 3.63) is 0 Å². The summed E-state index contributed by atoms with van der Waals surface area (Å²) in [5, 5.41) is -0.0755. The maximum atomic E-state index is 11.5. The van der Waals surface area contributed by atoms with E-state index in [0.717, 1.165) is 31.6 Å². The molecule has 0 atom stereocenters. The molecule has 2 nitrogen and oxygen atoms in total. The molecule has 0 unspecified atom stereocenters. The highest BCUT2D eigenvalue weighted by Gasteiger charge is 2.28. The summed E-state index contributed by atoms with van der Waals surface area (Å²) in [6.45, 7) is 6.90. The molecule has 1 rings (SSSR count). The molecule has 1 fully saturated rings. The number of rotatable bonds is 1. The van der Waals surface area contributed by atoms with Crippen LogP contribution in [0.25, 0.3) is 0 Å². The molecule has 3 heteroatoms. The highest BCUT2D eigenvalue weighted by atomic mass is 32.2. The summed E-state index contributed by atoms with van der Waals surface area (Å²) in [7, 11) is -2.82. The lowest BCUT2D eigenvalue weighted by Crippen LogP contribution is -2.26. The van der Waals surface area contributed by atoms with Crippen molar-refractivity contribution in [2.45, 2.75) is 64.5 Å². The van der Waals surface area contributed by atoms with Gasteiger partial charge in [-0.25, -0.2) is 8.42 Å². The van der Waals surface area contributed by atoms with E-state index in [1.54, 1.807) is 0 Å². The SMILES string of the molecule is CC(C)(C)C1CCCC(S(C)(=O)=O)CCC1. The Balaban J connectivity index is 2.57. The summed E-state index contributed by atoms with van der Waals surface area (Å²) in [5.74, 6) is 0.757. The lowest BCUT2D eigenvalue weighted by Gasteiger charge is -2.33. The minimum Gasteiger partial charge on any atom is -0.229 e. The van der Waals surface area contributed by atoms with Gasteiger partial charge in [-0.1, -0.05) is 33.6 Å². The van der Waals surface area contributed by atoms with Gasteiger partial charge in [-0.2, -0.15) is 0 Å². The molecule has 0 bridgehead atoms. The van der Waals surface area contributed by atoms with E-state index in [0.29, 0.717) is 5.41 Å². The Morgan fingerprint density at radius 1 is 0.938 bits per heavy atom. The fraction of sp³-hybridized carbons (Fsp3) is 1.00. The van der Waals surface area contributed by atoms with Crippen molar-refractivity contribution in [3.63, 3.8) is 0 Å². The number of sulfone groups is 1. The summed E-state index contributed by atoms with van der Waals surface area (Å²) in [6.07, 6.45) is 7.64. The van der Waals surface area contributed by atoms with Gasteiger partial charge in [0.25, 0.3) is 0 Å². The summed E-state index contributed by atoms with van der Waals surface area (Å²) in [6, 6.07) is 0. The van der Waals surface area contributed by atoms with Crippen LogP contribution in [0.1, 0.15) is 59.3 Å². The monoisotopic (exact) mass is 246 g/mol. The zero-order valence-corrected chi connectivity index (χ0v) is 11.9. The van der Waals surface area contributed by atoms with Gasteiger partial charge in [0, 0.05) is 6.26 Å². The Morgan fingerprint density at radius 3 is 1.69 bits per heavy atom. The van der Waals surface area contributed by atoms with Crippen molar-refractivity contribution in [1.29, 1.82) is 0 Å². The van der Waals surface area contributed by atoms with E-state index in [4.69, 9.17) is 0 Å². The first-order valence-electron chi connectivity index (χ1n) is 6.40. The third-order valence-corrected chi connectivity index (χ3v) is 5.67. The van der Waals surface area contributed by atoms with Gasteiger partial charge >= 0.3 is 0 Å². The molecular weight excluding hydrogens is 220 g/mol. The summed E-state index contributed by atoms with van der Waals surface area (Å²) >= 11 is 0. The molecular formula is C13H26O2S. The lowest BCUT2D eigenvalue weighted by atomic mass is 9.74. The van der Waals surface area contributed by atoms with Crippen LogP contribution in [0.5, 0.6) is 0 Å². The summed E-state index contributed by atoms with van der Waals surface area (Å²) in [4.78, 5) is 0. The van der Waals surface area contributed by atoms with Crippen LogP contribution < -0.4 is 0 Å². The number of hydrogen-bond donors (Lipinski definition) is 0. The molecule has 0 aromatic carbocycles. The Morgan fingerprint density at radius 2 is 1.38 bits per heavy atom. The molecule has 0 aliphatic heterocycles. The third-order valence-electron chi connectivity index (χ3n) is 3.99. The molecule has 0 saturated heterocycles. The minimum absolute atomic E-state index is 0.0755. The van der Waals surface area contributed by atoms with Crippen molar-refractivity contribution in [2.24, 2.45) is 11.3 Å². The predicted molar refractivity (Wildman–Crippen MR) is 69.3 cm³/mol. The molecule has 0 N–H and O–H groups in total. The molecule has 0 aromatic rings. The molecule has 0 heterocycles. The van der Waals surface area contributed by atoms with Gasteiger partial charge in [0.05, 0.1) is 5.25 Å². The second-order valence-corrected chi connectivity index (χ2v) is 8.70. The highest BCUT2D eigenvalue weighted by molar-refractivity contribution is 7.91.